The van der Waals surface area contributed by atoms with E-state index >= 15 is 0 Å². The van der Waals surface area contributed by atoms with Crippen LogP contribution in [0.3, 0.4) is 0 Å². The van der Waals surface area contributed by atoms with Crippen molar-refractivity contribution in [1.82, 2.24) is 19.7 Å². The Balaban J connectivity index is 1.65. The molecule has 1 amide bonds. The van der Waals surface area contributed by atoms with Gasteiger partial charge in [0.05, 0.1) is 22.5 Å². The second kappa shape index (κ2) is 5.37. The van der Waals surface area contributed by atoms with Gasteiger partial charge in [0.1, 0.15) is 5.69 Å². The number of nitrogens with one attached hydrogen (secondary N) is 1. The zero-order valence-electron chi connectivity index (χ0n) is 12.4. The fourth-order valence-electron chi connectivity index (χ4n) is 2.54. The molecule has 3 aromatic rings. The van der Waals surface area contributed by atoms with Crippen LogP contribution in [0.4, 0.5) is 0 Å². The van der Waals surface area contributed by atoms with E-state index in [9.17, 15) is 4.79 Å². The van der Waals surface area contributed by atoms with E-state index in [1.807, 2.05) is 53.7 Å². The third-order valence-electron chi connectivity index (χ3n) is 3.61. The Kier molecular flexibility index (Phi) is 3.55. The molecule has 0 aliphatic heterocycles. The van der Waals surface area contributed by atoms with Crippen molar-refractivity contribution in [2.24, 2.45) is 7.05 Å². The predicted octanol–water partition coefficient (Wildman–Crippen LogP) is 2.48. The largest absolute Gasteiger partial charge is 0.349 e. The van der Waals surface area contributed by atoms with Crippen molar-refractivity contribution in [2.45, 2.75) is 20.4 Å². The molecule has 21 heavy (non-hydrogen) atoms. The molecule has 0 atom stereocenters. The highest BCUT2D eigenvalue weighted by molar-refractivity contribution is 7.17. The van der Waals surface area contributed by atoms with Crippen LogP contribution in [0, 0.1) is 13.8 Å². The zero-order chi connectivity index (χ0) is 15.0. The monoisotopic (exact) mass is 302 g/mol. The van der Waals surface area contributed by atoms with Crippen LogP contribution in [0.1, 0.15) is 21.9 Å². The lowest BCUT2D eigenvalue weighted by Gasteiger charge is -2.07. The van der Waals surface area contributed by atoms with Gasteiger partial charge >= 0.3 is 0 Å². The molecule has 3 rings (SSSR count). The number of amides is 1. The van der Waals surface area contributed by atoms with Gasteiger partial charge in [-0.1, -0.05) is 0 Å². The summed E-state index contributed by atoms with van der Waals surface area (Å²) in [6, 6.07) is 6.01. The number of hydrogen-bond donors (Lipinski definition) is 1. The van der Waals surface area contributed by atoms with E-state index in [1.54, 1.807) is 11.3 Å². The smallest absolute Gasteiger partial charge is 0.268 e. The minimum atomic E-state index is -0.0394. The number of aryl methyl sites for hydroxylation is 3. The molecule has 1 N–H and O–H groups in total. The molecule has 0 saturated carbocycles. The molecule has 0 saturated heterocycles. The van der Waals surface area contributed by atoms with E-state index in [0.29, 0.717) is 18.8 Å². The minimum absolute atomic E-state index is 0.0394. The minimum Gasteiger partial charge on any atom is -0.349 e. The van der Waals surface area contributed by atoms with Crippen LogP contribution in [-0.4, -0.2) is 26.8 Å². The lowest BCUT2D eigenvalue weighted by Crippen LogP contribution is -2.29. The summed E-state index contributed by atoms with van der Waals surface area (Å²) in [7, 11) is 1.92. The molecule has 110 valence electrons. The second-order valence-corrected chi connectivity index (χ2v) is 6.11. The molecule has 0 radical (unpaired) electrons. The maximum atomic E-state index is 12.3. The molecule has 6 heteroatoms. The highest BCUT2D eigenvalue weighted by atomic mass is 32.1. The SMILES string of the molecule is Cc1cc(C)n(CCNC(=O)c2cc3sccc3n2C)n1. The molecule has 0 fully saturated rings. The Bertz CT molecular complexity index is 796. The Labute approximate surface area is 127 Å². The van der Waals surface area contributed by atoms with Crippen molar-refractivity contribution < 1.29 is 4.79 Å². The van der Waals surface area contributed by atoms with Crippen molar-refractivity contribution >= 4 is 27.5 Å². The normalized spacial score (nSPS) is 11.2. The lowest BCUT2D eigenvalue weighted by molar-refractivity contribution is 0.0944. The Morgan fingerprint density at radius 1 is 1.38 bits per heavy atom. The molecular weight excluding hydrogens is 284 g/mol. The van der Waals surface area contributed by atoms with Gasteiger partial charge in [-0.25, -0.2) is 0 Å². The van der Waals surface area contributed by atoms with Crippen LogP contribution in [-0.2, 0) is 13.6 Å². The van der Waals surface area contributed by atoms with Gasteiger partial charge in [0.15, 0.2) is 0 Å². The quantitative estimate of drug-likeness (QED) is 0.805. The van der Waals surface area contributed by atoms with Crippen molar-refractivity contribution in [3.63, 3.8) is 0 Å². The van der Waals surface area contributed by atoms with Gasteiger partial charge in [0, 0.05) is 19.3 Å². The summed E-state index contributed by atoms with van der Waals surface area (Å²) < 4.78 is 4.99. The van der Waals surface area contributed by atoms with Crippen LogP contribution >= 0.6 is 11.3 Å². The first-order chi connectivity index (χ1) is 10.1. The number of fused-ring (bicyclic) bond motifs is 1. The number of hydrogen-bond acceptors (Lipinski definition) is 3. The Hall–Kier alpha value is -2.08. The summed E-state index contributed by atoms with van der Waals surface area (Å²) in [6.45, 7) is 5.25. The molecule has 0 spiro atoms. The molecule has 0 bridgehead atoms. The summed E-state index contributed by atoms with van der Waals surface area (Å²) in [5.41, 5.74) is 3.91. The predicted molar refractivity (Wildman–Crippen MR) is 84.8 cm³/mol. The van der Waals surface area contributed by atoms with E-state index in [4.69, 9.17) is 0 Å². The molecule has 3 heterocycles. The number of thiophene rings is 1. The molecule has 0 aliphatic carbocycles. The summed E-state index contributed by atoms with van der Waals surface area (Å²) in [5.74, 6) is -0.0394. The first-order valence-corrected chi connectivity index (χ1v) is 7.76. The van der Waals surface area contributed by atoms with E-state index in [2.05, 4.69) is 10.4 Å². The van der Waals surface area contributed by atoms with E-state index in [0.717, 1.165) is 21.6 Å². The van der Waals surface area contributed by atoms with E-state index in [-0.39, 0.29) is 5.91 Å². The first kappa shape index (κ1) is 13.9. The summed E-state index contributed by atoms with van der Waals surface area (Å²) in [5, 5.41) is 9.38. The second-order valence-electron chi connectivity index (χ2n) is 5.16. The summed E-state index contributed by atoms with van der Waals surface area (Å²) in [6.07, 6.45) is 0. The third-order valence-corrected chi connectivity index (χ3v) is 4.46. The van der Waals surface area contributed by atoms with Crippen LogP contribution in [0.2, 0.25) is 0 Å². The molecule has 0 unspecified atom stereocenters. The summed E-state index contributed by atoms with van der Waals surface area (Å²) in [4.78, 5) is 12.3. The number of carbonyl (C=O) groups is 1. The third kappa shape index (κ3) is 2.58. The lowest BCUT2D eigenvalue weighted by atomic mass is 10.4. The fraction of sp³-hybridized carbons (Fsp3) is 0.333. The van der Waals surface area contributed by atoms with Crippen LogP contribution in [0.5, 0.6) is 0 Å². The number of carbonyl (C=O) groups excluding carboxylic acids is 1. The average molecular weight is 302 g/mol. The van der Waals surface area contributed by atoms with E-state index < -0.39 is 0 Å². The molecule has 0 aliphatic rings. The topological polar surface area (TPSA) is 51.9 Å². The number of rotatable bonds is 4. The van der Waals surface area contributed by atoms with Gasteiger partial charge in [0.2, 0.25) is 0 Å². The van der Waals surface area contributed by atoms with Gasteiger partial charge in [-0.15, -0.1) is 11.3 Å². The van der Waals surface area contributed by atoms with Crippen LogP contribution in [0.25, 0.3) is 10.2 Å². The van der Waals surface area contributed by atoms with Gasteiger partial charge in [0.25, 0.3) is 5.91 Å². The zero-order valence-corrected chi connectivity index (χ0v) is 13.2. The molecule has 3 aromatic heterocycles. The van der Waals surface area contributed by atoms with Gasteiger partial charge < -0.3 is 9.88 Å². The fourth-order valence-corrected chi connectivity index (χ4v) is 3.38. The van der Waals surface area contributed by atoms with Gasteiger partial charge in [-0.05, 0) is 37.4 Å². The van der Waals surface area contributed by atoms with Crippen molar-refractivity contribution in [1.29, 1.82) is 0 Å². The van der Waals surface area contributed by atoms with Crippen molar-refractivity contribution in [2.75, 3.05) is 6.54 Å². The molecule has 0 aromatic carbocycles. The standard InChI is InChI=1S/C15H18N4OS/c1-10-8-11(2)19(17-10)6-5-16-15(20)13-9-14-12(18(13)3)4-7-21-14/h4,7-9H,5-6H2,1-3H3,(H,16,20). The number of aromatic nitrogens is 3. The van der Waals surface area contributed by atoms with E-state index in [1.165, 1.54) is 0 Å². The average Bonchev–Trinajstić information content (AvgIpc) is 3.08. The van der Waals surface area contributed by atoms with Crippen LogP contribution in [0.15, 0.2) is 23.6 Å². The number of nitrogens with zero attached hydrogens (tertiary/aromatic N) is 3. The molecular formula is C15H18N4OS. The molecule has 5 nitrogen and oxygen atoms in total. The Morgan fingerprint density at radius 2 is 2.19 bits per heavy atom. The van der Waals surface area contributed by atoms with Crippen molar-refractivity contribution in [3.8, 4) is 0 Å². The first-order valence-electron chi connectivity index (χ1n) is 6.88. The van der Waals surface area contributed by atoms with Gasteiger partial charge in [-0.3, -0.25) is 9.48 Å². The highest BCUT2D eigenvalue weighted by Gasteiger charge is 2.13. The maximum absolute atomic E-state index is 12.3. The van der Waals surface area contributed by atoms with Gasteiger partial charge in [-0.2, -0.15) is 5.10 Å². The Morgan fingerprint density at radius 3 is 2.86 bits per heavy atom. The van der Waals surface area contributed by atoms with Crippen molar-refractivity contribution in [3.05, 3.63) is 40.7 Å². The maximum Gasteiger partial charge on any atom is 0.268 e. The summed E-state index contributed by atoms with van der Waals surface area (Å²) >= 11 is 1.65. The highest BCUT2D eigenvalue weighted by Crippen LogP contribution is 2.23. The van der Waals surface area contributed by atoms with Crippen LogP contribution < -0.4 is 5.32 Å².